The predicted octanol–water partition coefficient (Wildman–Crippen LogP) is 3.13. The molecular formula is C17H19FN2O2S. The summed E-state index contributed by atoms with van der Waals surface area (Å²) in [5.41, 5.74) is 1.64. The van der Waals surface area contributed by atoms with Crippen LogP contribution in [0.5, 0.6) is 0 Å². The van der Waals surface area contributed by atoms with Crippen molar-refractivity contribution in [1.29, 1.82) is 0 Å². The highest BCUT2D eigenvalue weighted by Gasteiger charge is 2.23. The molecule has 122 valence electrons. The summed E-state index contributed by atoms with van der Waals surface area (Å²) in [4.78, 5) is 18.7. The highest BCUT2D eigenvalue weighted by molar-refractivity contribution is 7.13. The summed E-state index contributed by atoms with van der Waals surface area (Å²) >= 11 is 1.48. The third-order valence-corrected chi connectivity index (χ3v) is 5.04. The van der Waals surface area contributed by atoms with Crippen molar-refractivity contribution in [3.8, 4) is 10.6 Å². The molecule has 1 aromatic carbocycles. The van der Waals surface area contributed by atoms with E-state index in [1.165, 1.54) is 23.5 Å². The minimum Gasteiger partial charge on any atom is -0.381 e. The summed E-state index contributed by atoms with van der Waals surface area (Å²) in [6.45, 7) is 1.48. The van der Waals surface area contributed by atoms with Crippen LogP contribution >= 0.6 is 11.3 Å². The molecule has 4 nitrogen and oxygen atoms in total. The Balaban J connectivity index is 1.60. The lowest BCUT2D eigenvalue weighted by molar-refractivity contribution is -0.132. The van der Waals surface area contributed by atoms with Gasteiger partial charge in [-0.1, -0.05) is 0 Å². The van der Waals surface area contributed by atoms with Crippen LogP contribution in [0.4, 0.5) is 4.39 Å². The molecule has 0 bridgehead atoms. The van der Waals surface area contributed by atoms with Gasteiger partial charge in [-0.3, -0.25) is 4.79 Å². The number of likely N-dealkylation sites (tertiary alicyclic amines) is 1. The van der Waals surface area contributed by atoms with E-state index in [0.717, 1.165) is 42.2 Å². The van der Waals surface area contributed by atoms with Gasteiger partial charge >= 0.3 is 0 Å². The summed E-state index contributed by atoms with van der Waals surface area (Å²) in [5.74, 6) is -0.157. The third-order valence-electron chi connectivity index (χ3n) is 4.10. The van der Waals surface area contributed by atoms with Crippen molar-refractivity contribution >= 4 is 17.2 Å². The van der Waals surface area contributed by atoms with Crippen LogP contribution in [0.15, 0.2) is 29.6 Å². The van der Waals surface area contributed by atoms with Crippen LogP contribution in [0.1, 0.15) is 18.5 Å². The predicted molar refractivity (Wildman–Crippen MR) is 87.8 cm³/mol. The van der Waals surface area contributed by atoms with Gasteiger partial charge in [0.15, 0.2) is 0 Å². The Kier molecular flexibility index (Phi) is 5.03. The molecule has 1 aliphatic heterocycles. The van der Waals surface area contributed by atoms with Crippen molar-refractivity contribution < 1.29 is 13.9 Å². The van der Waals surface area contributed by atoms with Crippen molar-refractivity contribution in [2.45, 2.75) is 25.4 Å². The summed E-state index contributed by atoms with van der Waals surface area (Å²) < 4.78 is 18.3. The van der Waals surface area contributed by atoms with Crippen molar-refractivity contribution in [2.75, 3.05) is 20.2 Å². The number of hydrogen-bond acceptors (Lipinski definition) is 4. The second-order valence-corrected chi connectivity index (χ2v) is 6.50. The van der Waals surface area contributed by atoms with E-state index < -0.39 is 0 Å². The number of ether oxygens (including phenoxy) is 1. The number of carbonyl (C=O) groups excluding carboxylic acids is 1. The number of carbonyl (C=O) groups is 1. The molecular weight excluding hydrogens is 315 g/mol. The average Bonchev–Trinajstić information content (AvgIpc) is 3.04. The lowest BCUT2D eigenvalue weighted by atomic mass is 10.1. The molecule has 0 atom stereocenters. The number of aromatic nitrogens is 1. The van der Waals surface area contributed by atoms with Crippen LogP contribution < -0.4 is 0 Å². The number of piperidine rings is 1. The largest absolute Gasteiger partial charge is 0.381 e. The van der Waals surface area contributed by atoms with Gasteiger partial charge in [0, 0.05) is 31.1 Å². The minimum absolute atomic E-state index is 0.107. The van der Waals surface area contributed by atoms with E-state index >= 15 is 0 Å². The van der Waals surface area contributed by atoms with Gasteiger partial charge in [-0.25, -0.2) is 9.37 Å². The highest BCUT2D eigenvalue weighted by Crippen LogP contribution is 2.24. The molecule has 3 rings (SSSR count). The van der Waals surface area contributed by atoms with Gasteiger partial charge in [0.2, 0.25) is 5.91 Å². The number of benzene rings is 1. The quantitative estimate of drug-likeness (QED) is 0.863. The molecule has 0 saturated carbocycles. The first-order chi connectivity index (χ1) is 11.2. The molecule has 1 aromatic heterocycles. The fourth-order valence-corrected chi connectivity index (χ4v) is 3.55. The second kappa shape index (κ2) is 7.19. The van der Waals surface area contributed by atoms with Crippen molar-refractivity contribution in [2.24, 2.45) is 0 Å². The standard InChI is InChI=1S/C17H19FN2O2S/c1-22-15-6-8-20(9-7-15)16(21)10-14-11-23-17(19-14)12-2-4-13(18)5-3-12/h2-5,11,15H,6-10H2,1H3. The molecule has 0 N–H and O–H groups in total. The molecule has 0 unspecified atom stereocenters. The Hall–Kier alpha value is -1.79. The van der Waals surface area contributed by atoms with E-state index in [1.807, 2.05) is 10.3 Å². The van der Waals surface area contributed by atoms with Gasteiger partial charge in [-0.15, -0.1) is 11.3 Å². The van der Waals surface area contributed by atoms with Crippen molar-refractivity contribution in [1.82, 2.24) is 9.88 Å². The zero-order valence-electron chi connectivity index (χ0n) is 13.0. The van der Waals surface area contributed by atoms with Crippen LogP contribution in [0, 0.1) is 5.82 Å². The first kappa shape index (κ1) is 16.1. The molecule has 2 heterocycles. The maximum Gasteiger partial charge on any atom is 0.228 e. The Labute approximate surface area is 138 Å². The van der Waals surface area contributed by atoms with Gasteiger partial charge in [0.05, 0.1) is 18.2 Å². The summed E-state index contributed by atoms with van der Waals surface area (Å²) in [6.07, 6.45) is 2.36. The third kappa shape index (κ3) is 3.95. The van der Waals surface area contributed by atoms with E-state index in [2.05, 4.69) is 4.98 Å². The fourth-order valence-electron chi connectivity index (χ4n) is 2.72. The highest BCUT2D eigenvalue weighted by atomic mass is 32.1. The Morgan fingerprint density at radius 3 is 2.70 bits per heavy atom. The number of methoxy groups -OCH3 is 1. The lowest BCUT2D eigenvalue weighted by Crippen LogP contribution is -2.41. The molecule has 1 saturated heterocycles. The Morgan fingerprint density at radius 2 is 2.04 bits per heavy atom. The second-order valence-electron chi connectivity index (χ2n) is 5.64. The number of halogens is 1. The Bertz CT molecular complexity index is 663. The van der Waals surface area contributed by atoms with Crippen molar-refractivity contribution in [3.05, 3.63) is 41.2 Å². The van der Waals surface area contributed by atoms with E-state index in [0.29, 0.717) is 6.42 Å². The summed E-state index contributed by atoms with van der Waals surface area (Å²) in [6, 6.07) is 6.24. The van der Waals surface area contributed by atoms with E-state index in [4.69, 9.17) is 4.74 Å². The molecule has 23 heavy (non-hydrogen) atoms. The zero-order valence-corrected chi connectivity index (χ0v) is 13.8. The van der Waals surface area contributed by atoms with Crippen LogP contribution in [0.2, 0.25) is 0 Å². The van der Waals surface area contributed by atoms with Crippen molar-refractivity contribution in [3.63, 3.8) is 0 Å². The summed E-state index contributed by atoms with van der Waals surface area (Å²) in [7, 11) is 1.72. The van der Waals surface area contributed by atoms with Gasteiger partial charge in [0.1, 0.15) is 10.8 Å². The molecule has 0 radical (unpaired) electrons. The smallest absolute Gasteiger partial charge is 0.228 e. The van der Waals surface area contributed by atoms with E-state index in [9.17, 15) is 9.18 Å². The minimum atomic E-state index is -0.264. The summed E-state index contributed by atoms with van der Waals surface area (Å²) in [5, 5.41) is 2.71. The number of amides is 1. The molecule has 1 amide bonds. The number of rotatable bonds is 4. The molecule has 1 aliphatic rings. The normalized spacial score (nSPS) is 15.8. The number of nitrogens with zero attached hydrogens (tertiary/aromatic N) is 2. The van der Waals surface area contributed by atoms with Gasteiger partial charge < -0.3 is 9.64 Å². The van der Waals surface area contributed by atoms with Gasteiger partial charge in [-0.05, 0) is 37.1 Å². The maximum absolute atomic E-state index is 13.0. The monoisotopic (exact) mass is 334 g/mol. The first-order valence-electron chi connectivity index (χ1n) is 7.66. The van der Waals surface area contributed by atoms with Crippen LogP contribution in [-0.4, -0.2) is 42.1 Å². The topological polar surface area (TPSA) is 42.4 Å². The molecule has 0 aliphatic carbocycles. The van der Waals surface area contributed by atoms with Crippen LogP contribution in [0.25, 0.3) is 10.6 Å². The average molecular weight is 334 g/mol. The van der Waals surface area contributed by atoms with E-state index in [-0.39, 0.29) is 17.8 Å². The molecule has 2 aromatic rings. The van der Waals surface area contributed by atoms with Gasteiger partial charge in [0.25, 0.3) is 0 Å². The lowest BCUT2D eigenvalue weighted by Gasteiger charge is -2.31. The molecule has 0 spiro atoms. The number of thiazole rings is 1. The molecule has 6 heteroatoms. The number of hydrogen-bond donors (Lipinski definition) is 0. The molecule has 1 fully saturated rings. The Morgan fingerprint density at radius 1 is 1.35 bits per heavy atom. The fraction of sp³-hybridized carbons (Fsp3) is 0.412. The SMILES string of the molecule is COC1CCN(C(=O)Cc2csc(-c3ccc(F)cc3)n2)CC1. The van der Waals surface area contributed by atoms with Crippen LogP contribution in [0.3, 0.4) is 0 Å². The zero-order chi connectivity index (χ0) is 16.2. The maximum atomic E-state index is 13.0. The van der Waals surface area contributed by atoms with E-state index in [1.54, 1.807) is 19.2 Å². The first-order valence-corrected chi connectivity index (χ1v) is 8.54. The van der Waals surface area contributed by atoms with Gasteiger partial charge in [-0.2, -0.15) is 0 Å². The van der Waals surface area contributed by atoms with Crippen LogP contribution in [-0.2, 0) is 16.0 Å².